The molecule has 2 aromatic carbocycles. The van der Waals surface area contributed by atoms with E-state index in [1.54, 1.807) is 30.3 Å². The minimum Gasteiger partial charge on any atom is -0.486 e. The molecule has 9 heteroatoms. The molecule has 0 spiro atoms. The molecule has 2 aliphatic rings. The summed E-state index contributed by atoms with van der Waals surface area (Å²) in [5, 5.41) is 9.53. The van der Waals surface area contributed by atoms with Gasteiger partial charge in [-0.25, -0.2) is 13.2 Å². The summed E-state index contributed by atoms with van der Waals surface area (Å²) in [6.07, 6.45) is 1.35. The Hall–Kier alpha value is -1.85. The molecule has 4 rings (SSSR count). The average molecular weight is 515 g/mol. The number of ether oxygens (including phenoxy) is 2. The summed E-state index contributed by atoms with van der Waals surface area (Å²) in [5.41, 5.74) is 0.990. The molecule has 0 aromatic heterocycles. The van der Waals surface area contributed by atoms with Crippen LogP contribution >= 0.6 is 22.6 Å². The van der Waals surface area contributed by atoms with E-state index in [1.165, 1.54) is 6.07 Å². The minimum atomic E-state index is -4.09. The zero-order chi connectivity index (χ0) is 19.9. The number of hydrogen-bond donors (Lipinski definition) is 2. The van der Waals surface area contributed by atoms with E-state index < -0.39 is 22.2 Å². The molecule has 1 saturated carbocycles. The van der Waals surface area contributed by atoms with Gasteiger partial charge in [-0.1, -0.05) is 24.3 Å². The summed E-state index contributed by atoms with van der Waals surface area (Å²) in [6.45, 7) is 0. The third-order valence-corrected chi connectivity index (χ3v) is 7.75. The third kappa shape index (κ3) is 3.58. The summed E-state index contributed by atoms with van der Waals surface area (Å²) in [4.78, 5) is 11.7. The number of sulfonamides is 1. The molecule has 0 bridgehead atoms. The molecule has 1 fully saturated rings. The molecule has 0 amide bonds. The van der Waals surface area contributed by atoms with Crippen LogP contribution in [0.5, 0.6) is 11.5 Å². The van der Waals surface area contributed by atoms with Crippen LogP contribution in [-0.2, 0) is 14.8 Å². The largest absolute Gasteiger partial charge is 0.486 e. The Bertz CT molecular complexity index is 1020. The van der Waals surface area contributed by atoms with Gasteiger partial charge in [-0.3, -0.25) is 0 Å². The lowest BCUT2D eigenvalue weighted by molar-refractivity contribution is -0.145. The summed E-state index contributed by atoms with van der Waals surface area (Å²) in [5.74, 6) is -0.420. The molecule has 3 atom stereocenters. The van der Waals surface area contributed by atoms with Crippen molar-refractivity contribution in [3.63, 3.8) is 0 Å². The van der Waals surface area contributed by atoms with E-state index >= 15 is 0 Å². The quantitative estimate of drug-likeness (QED) is 0.453. The average Bonchev–Trinajstić information content (AvgIpc) is 3.23. The molecule has 2 aromatic rings. The zero-order valence-electron chi connectivity index (χ0n) is 14.7. The molecule has 7 nitrogen and oxygen atoms in total. The highest BCUT2D eigenvalue weighted by atomic mass is 127. The third-order valence-electron chi connectivity index (χ3n) is 4.99. The van der Waals surface area contributed by atoms with Crippen molar-refractivity contribution in [1.29, 1.82) is 0 Å². The van der Waals surface area contributed by atoms with Gasteiger partial charge in [-0.15, -0.1) is 0 Å². The first-order chi connectivity index (χ1) is 13.4. The first-order valence-corrected chi connectivity index (χ1v) is 11.4. The van der Waals surface area contributed by atoms with Crippen molar-refractivity contribution >= 4 is 38.6 Å². The first-order valence-electron chi connectivity index (χ1n) is 8.83. The van der Waals surface area contributed by atoms with E-state index in [2.05, 4.69) is 4.72 Å². The van der Waals surface area contributed by atoms with Gasteiger partial charge in [0.05, 0.1) is 4.90 Å². The van der Waals surface area contributed by atoms with Gasteiger partial charge in [0.1, 0.15) is 6.10 Å². The van der Waals surface area contributed by atoms with Crippen molar-refractivity contribution < 1.29 is 27.8 Å². The van der Waals surface area contributed by atoms with Crippen molar-refractivity contribution in [3.8, 4) is 11.5 Å². The maximum absolute atomic E-state index is 12.7. The van der Waals surface area contributed by atoms with Crippen LogP contribution in [-0.4, -0.2) is 31.8 Å². The van der Waals surface area contributed by atoms with Crippen molar-refractivity contribution in [2.24, 2.45) is 0 Å². The zero-order valence-corrected chi connectivity index (χ0v) is 17.6. The maximum Gasteiger partial charge on any atom is 0.361 e. The molecule has 1 aliphatic heterocycles. The van der Waals surface area contributed by atoms with Gasteiger partial charge in [-0.2, -0.15) is 4.72 Å². The van der Waals surface area contributed by atoms with Crippen LogP contribution < -0.4 is 14.2 Å². The van der Waals surface area contributed by atoms with Crippen molar-refractivity contribution in [1.82, 2.24) is 4.72 Å². The fraction of sp³-hybridized carbons (Fsp3) is 0.316. The van der Waals surface area contributed by atoms with Gasteiger partial charge in [-0.05, 0) is 60.1 Å². The van der Waals surface area contributed by atoms with Gasteiger partial charge < -0.3 is 14.6 Å². The van der Waals surface area contributed by atoms with Gasteiger partial charge >= 0.3 is 5.97 Å². The Balaban J connectivity index is 1.60. The van der Waals surface area contributed by atoms with Crippen LogP contribution in [0.4, 0.5) is 0 Å². The fourth-order valence-electron chi connectivity index (χ4n) is 3.74. The summed E-state index contributed by atoms with van der Waals surface area (Å²) in [6, 6.07) is 11.6. The summed E-state index contributed by atoms with van der Waals surface area (Å²) < 4.78 is 39.5. The number of para-hydroxylation sites is 1. The number of nitrogens with one attached hydrogen (secondary N) is 1. The Morgan fingerprint density at radius 1 is 1.21 bits per heavy atom. The molecule has 0 saturated heterocycles. The SMILES string of the molecule is O=C(O)C(NS(=O)(=O)c1ccccc1I)Oc1cccc2c1OC1CCCC21. The monoisotopic (exact) mass is 515 g/mol. The second kappa shape index (κ2) is 7.53. The molecule has 1 heterocycles. The predicted molar refractivity (Wildman–Crippen MR) is 109 cm³/mol. The summed E-state index contributed by atoms with van der Waals surface area (Å²) in [7, 11) is -4.09. The van der Waals surface area contributed by atoms with Crippen LogP contribution in [0.3, 0.4) is 0 Å². The van der Waals surface area contributed by atoms with E-state index in [4.69, 9.17) is 9.47 Å². The molecule has 2 N–H and O–H groups in total. The van der Waals surface area contributed by atoms with E-state index in [-0.39, 0.29) is 22.7 Å². The standard InChI is InChI=1S/C19H18INO6S/c20-13-7-1-2-10-16(13)28(24,25)21-18(19(22)23)27-15-9-4-6-12-11-5-3-8-14(11)26-17(12)15/h1-2,4,6-7,9-11,14,18,21H,3,5,8H2,(H,22,23). The highest BCUT2D eigenvalue weighted by Gasteiger charge is 2.40. The van der Waals surface area contributed by atoms with Crippen LogP contribution in [0.15, 0.2) is 47.4 Å². The molecule has 1 aliphatic carbocycles. The number of carbonyl (C=O) groups is 1. The van der Waals surface area contributed by atoms with E-state index in [0.717, 1.165) is 24.8 Å². The number of hydrogen-bond acceptors (Lipinski definition) is 5. The lowest BCUT2D eigenvalue weighted by Crippen LogP contribution is -2.45. The molecule has 3 unspecified atom stereocenters. The highest BCUT2D eigenvalue weighted by Crippen LogP contribution is 2.50. The molecular formula is C19H18INO6S. The normalized spacial score (nSPS) is 21.5. The number of fused-ring (bicyclic) bond motifs is 3. The Labute approximate surface area is 176 Å². The number of rotatable bonds is 6. The van der Waals surface area contributed by atoms with Crippen molar-refractivity contribution in [3.05, 3.63) is 51.6 Å². The van der Waals surface area contributed by atoms with Gasteiger partial charge in [0.2, 0.25) is 10.0 Å². The number of halogens is 1. The first kappa shape index (κ1) is 19.5. The van der Waals surface area contributed by atoms with Crippen LogP contribution in [0.2, 0.25) is 0 Å². The molecule has 28 heavy (non-hydrogen) atoms. The van der Waals surface area contributed by atoms with Gasteiger partial charge in [0.15, 0.2) is 11.5 Å². The van der Waals surface area contributed by atoms with E-state index in [9.17, 15) is 18.3 Å². The van der Waals surface area contributed by atoms with E-state index in [0.29, 0.717) is 9.32 Å². The number of carboxylic acid groups (broad SMARTS) is 1. The van der Waals surface area contributed by atoms with Gasteiger partial charge in [0.25, 0.3) is 6.23 Å². The van der Waals surface area contributed by atoms with Crippen molar-refractivity contribution in [2.45, 2.75) is 42.4 Å². The van der Waals surface area contributed by atoms with E-state index in [1.807, 2.05) is 28.7 Å². The maximum atomic E-state index is 12.7. The highest BCUT2D eigenvalue weighted by molar-refractivity contribution is 14.1. The molecular weight excluding hydrogens is 497 g/mol. The lowest BCUT2D eigenvalue weighted by atomic mass is 9.97. The second-order valence-corrected chi connectivity index (χ2v) is 9.60. The predicted octanol–water partition coefficient (Wildman–Crippen LogP) is 3.09. The topological polar surface area (TPSA) is 102 Å². The molecule has 148 valence electrons. The number of carboxylic acids is 1. The molecule has 0 radical (unpaired) electrons. The lowest BCUT2D eigenvalue weighted by Gasteiger charge is -2.19. The number of benzene rings is 2. The Morgan fingerprint density at radius 3 is 2.75 bits per heavy atom. The Morgan fingerprint density at radius 2 is 2.00 bits per heavy atom. The van der Waals surface area contributed by atoms with Crippen LogP contribution in [0, 0.1) is 3.57 Å². The summed E-state index contributed by atoms with van der Waals surface area (Å²) >= 11 is 1.88. The van der Waals surface area contributed by atoms with Crippen LogP contribution in [0.1, 0.15) is 30.7 Å². The van der Waals surface area contributed by atoms with Gasteiger partial charge in [0, 0.05) is 15.1 Å². The van der Waals surface area contributed by atoms with Crippen molar-refractivity contribution in [2.75, 3.05) is 0 Å². The second-order valence-electron chi connectivity index (χ2n) is 6.76. The fourth-order valence-corrected chi connectivity index (χ4v) is 6.13. The Kier molecular flexibility index (Phi) is 5.23. The smallest absolute Gasteiger partial charge is 0.361 e. The minimum absolute atomic E-state index is 0.00507. The number of aliphatic carboxylic acids is 1. The van der Waals surface area contributed by atoms with Crippen LogP contribution in [0.25, 0.3) is 0 Å².